The van der Waals surface area contributed by atoms with Crippen LogP contribution in [0.25, 0.3) is 0 Å². The molecule has 0 aliphatic carbocycles. The first-order valence-electron chi connectivity index (χ1n) is 10.1. The maximum atomic E-state index is 12.9. The highest BCUT2D eigenvalue weighted by Crippen LogP contribution is 2.27. The highest BCUT2D eigenvalue weighted by atomic mass is 35.5. The Morgan fingerprint density at radius 2 is 1.73 bits per heavy atom. The summed E-state index contributed by atoms with van der Waals surface area (Å²) in [5, 5.41) is 3.36. The van der Waals surface area contributed by atoms with Crippen LogP contribution in [0.5, 0.6) is 0 Å². The molecule has 4 rings (SSSR count). The van der Waals surface area contributed by atoms with Crippen molar-refractivity contribution in [2.24, 2.45) is 0 Å². The Hall–Kier alpha value is -3.11. The second kappa shape index (κ2) is 9.14. The largest absolute Gasteiger partial charge is 0.371 e. The summed E-state index contributed by atoms with van der Waals surface area (Å²) < 4.78 is 0. The van der Waals surface area contributed by atoms with Gasteiger partial charge < -0.3 is 10.2 Å². The summed E-state index contributed by atoms with van der Waals surface area (Å²) in [6, 6.07) is 22.3. The third kappa shape index (κ3) is 4.55. The van der Waals surface area contributed by atoms with Crippen LogP contribution >= 0.6 is 11.6 Å². The predicted molar refractivity (Wildman–Crippen MR) is 122 cm³/mol. The van der Waals surface area contributed by atoms with Crippen molar-refractivity contribution in [2.45, 2.75) is 19.3 Å². The van der Waals surface area contributed by atoms with Gasteiger partial charge in [0, 0.05) is 41.3 Å². The van der Waals surface area contributed by atoms with Crippen molar-refractivity contribution in [1.82, 2.24) is 0 Å². The van der Waals surface area contributed by atoms with Crippen LogP contribution in [0.15, 0.2) is 72.8 Å². The van der Waals surface area contributed by atoms with Gasteiger partial charge >= 0.3 is 0 Å². The zero-order chi connectivity index (χ0) is 20.9. The molecule has 0 bridgehead atoms. The fraction of sp³-hybridized carbons (Fsp3) is 0.200. The van der Waals surface area contributed by atoms with E-state index in [9.17, 15) is 9.59 Å². The number of hydrogen-bond donors (Lipinski definition) is 1. The van der Waals surface area contributed by atoms with E-state index in [0.29, 0.717) is 34.8 Å². The molecule has 0 radical (unpaired) electrons. The van der Waals surface area contributed by atoms with Gasteiger partial charge in [-0.05, 0) is 42.7 Å². The van der Waals surface area contributed by atoms with Gasteiger partial charge in [0.05, 0.1) is 5.69 Å². The number of hydrogen-bond acceptors (Lipinski definition) is 3. The van der Waals surface area contributed by atoms with Gasteiger partial charge in [0.25, 0.3) is 0 Å². The van der Waals surface area contributed by atoms with Crippen LogP contribution in [0, 0.1) is 0 Å². The maximum absolute atomic E-state index is 12.9. The Bertz CT molecular complexity index is 1070. The Morgan fingerprint density at radius 3 is 2.57 bits per heavy atom. The van der Waals surface area contributed by atoms with E-state index in [1.54, 1.807) is 30.3 Å². The third-order valence-corrected chi connectivity index (χ3v) is 5.59. The molecule has 1 heterocycles. The first-order chi connectivity index (χ1) is 14.6. The quantitative estimate of drug-likeness (QED) is 0.549. The number of carbonyl (C=O) groups excluding carboxylic acids is 2. The fourth-order valence-corrected chi connectivity index (χ4v) is 4.02. The normalized spacial score (nSPS) is 12.9. The third-order valence-electron chi connectivity index (χ3n) is 5.35. The van der Waals surface area contributed by atoms with E-state index in [-0.39, 0.29) is 11.7 Å². The van der Waals surface area contributed by atoms with E-state index in [0.717, 1.165) is 19.4 Å². The lowest BCUT2D eigenvalue weighted by atomic mass is 10.0. The first kappa shape index (κ1) is 20.2. The molecule has 0 aromatic heterocycles. The van der Waals surface area contributed by atoms with Crippen LogP contribution in [0.1, 0.15) is 34.3 Å². The van der Waals surface area contributed by atoms with E-state index in [2.05, 4.69) is 28.4 Å². The average Bonchev–Trinajstić information content (AvgIpc) is 2.79. The molecule has 1 aliphatic rings. The van der Waals surface area contributed by atoms with Crippen molar-refractivity contribution in [3.8, 4) is 0 Å². The molecule has 0 spiro atoms. The molecule has 1 N–H and O–H groups in total. The SMILES string of the molecule is O=C(CCN1CCCc2ccccc21)Nc1ccc(Cl)cc1C(=O)c1ccccc1. The van der Waals surface area contributed by atoms with Crippen LogP contribution in [-0.2, 0) is 11.2 Å². The minimum absolute atomic E-state index is 0.123. The van der Waals surface area contributed by atoms with Crippen molar-refractivity contribution in [2.75, 3.05) is 23.3 Å². The number of ketones is 1. The lowest BCUT2D eigenvalue weighted by Crippen LogP contribution is -2.32. The molecule has 0 saturated heterocycles. The van der Waals surface area contributed by atoms with Crippen molar-refractivity contribution in [1.29, 1.82) is 0 Å². The summed E-state index contributed by atoms with van der Waals surface area (Å²) in [6.45, 7) is 1.58. The second-order valence-corrected chi connectivity index (χ2v) is 7.84. The topological polar surface area (TPSA) is 49.4 Å². The number of anilines is 2. The number of nitrogens with one attached hydrogen (secondary N) is 1. The number of para-hydroxylation sites is 1. The second-order valence-electron chi connectivity index (χ2n) is 7.40. The lowest BCUT2D eigenvalue weighted by molar-refractivity contribution is -0.116. The molecule has 0 unspecified atom stereocenters. The number of amides is 1. The van der Waals surface area contributed by atoms with Crippen molar-refractivity contribution >= 4 is 34.7 Å². The first-order valence-corrected chi connectivity index (χ1v) is 10.5. The van der Waals surface area contributed by atoms with Crippen LogP contribution in [-0.4, -0.2) is 24.8 Å². The molecule has 3 aromatic carbocycles. The zero-order valence-corrected chi connectivity index (χ0v) is 17.4. The van der Waals surface area contributed by atoms with Crippen LogP contribution in [0.2, 0.25) is 5.02 Å². The Kier molecular flexibility index (Phi) is 6.15. The number of carbonyl (C=O) groups is 2. The summed E-state index contributed by atoms with van der Waals surface area (Å²) >= 11 is 6.12. The van der Waals surface area contributed by atoms with Gasteiger partial charge in [-0.15, -0.1) is 0 Å². The predicted octanol–water partition coefficient (Wildman–Crippen LogP) is 5.35. The molecule has 5 heteroatoms. The van der Waals surface area contributed by atoms with Gasteiger partial charge in [0.1, 0.15) is 0 Å². The van der Waals surface area contributed by atoms with E-state index in [4.69, 9.17) is 11.6 Å². The van der Waals surface area contributed by atoms with Gasteiger partial charge in [-0.25, -0.2) is 0 Å². The summed E-state index contributed by atoms with van der Waals surface area (Å²) in [7, 11) is 0. The number of halogens is 1. The monoisotopic (exact) mass is 418 g/mol. The molecule has 152 valence electrons. The van der Waals surface area contributed by atoms with Crippen LogP contribution in [0.3, 0.4) is 0 Å². The van der Waals surface area contributed by atoms with Crippen molar-refractivity contribution in [3.63, 3.8) is 0 Å². The number of rotatable bonds is 6. The molecule has 4 nitrogen and oxygen atoms in total. The molecular formula is C25H23ClN2O2. The summed E-state index contributed by atoms with van der Waals surface area (Å²) in [6.07, 6.45) is 2.51. The lowest BCUT2D eigenvalue weighted by Gasteiger charge is -2.31. The van der Waals surface area contributed by atoms with E-state index in [1.807, 2.05) is 24.3 Å². The molecule has 1 amide bonds. The number of aryl methyl sites for hydroxylation is 1. The Balaban J connectivity index is 1.46. The van der Waals surface area contributed by atoms with E-state index < -0.39 is 0 Å². The fourth-order valence-electron chi connectivity index (χ4n) is 3.85. The molecule has 0 fully saturated rings. The standard InChI is InChI=1S/C25H23ClN2O2/c26-20-12-13-22(21(17-20)25(30)19-8-2-1-3-9-19)27-24(29)14-16-28-15-6-10-18-7-4-5-11-23(18)28/h1-5,7-9,11-13,17H,6,10,14-16H2,(H,27,29). The van der Waals surface area contributed by atoms with Crippen molar-refractivity contribution in [3.05, 3.63) is 94.5 Å². The molecule has 0 saturated carbocycles. The highest BCUT2D eigenvalue weighted by Gasteiger charge is 2.19. The average molecular weight is 419 g/mol. The van der Waals surface area contributed by atoms with Gasteiger partial charge in [-0.1, -0.05) is 60.1 Å². The van der Waals surface area contributed by atoms with Gasteiger partial charge in [-0.2, -0.15) is 0 Å². The minimum Gasteiger partial charge on any atom is -0.371 e. The van der Waals surface area contributed by atoms with Gasteiger partial charge in [-0.3, -0.25) is 9.59 Å². The number of fused-ring (bicyclic) bond motifs is 1. The number of nitrogens with zero attached hydrogens (tertiary/aromatic N) is 1. The van der Waals surface area contributed by atoms with Gasteiger partial charge in [0.15, 0.2) is 5.78 Å². The number of benzene rings is 3. The molecule has 0 atom stereocenters. The summed E-state index contributed by atoms with van der Waals surface area (Å²) in [4.78, 5) is 27.9. The molecular weight excluding hydrogens is 396 g/mol. The molecule has 3 aromatic rings. The zero-order valence-electron chi connectivity index (χ0n) is 16.6. The van der Waals surface area contributed by atoms with Crippen LogP contribution < -0.4 is 10.2 Å². The van der Waals surface area contributed by atoms with E-state index in [1.165, 1.54) is 11.3 Å². The summed E-state index contributed by atoms with van der Waals surface area (Å²) in [5.74, 6) is -0.291. The van der Waals surface area contributed by atoms with Crippen LogP contribution in [0.4, 0.5) is 11.4 Å². The Morgan fingerprint density at radius 1 is 0.967 bits per heavy atom. The van der Waals surface area contributed by atoms with Gasteiger partial charge in [0.2, 0.25) is 5.91 Å². The smallest absolute Gasteiger partial charge is 0.226 e. The molecule has 1 aliphatic heterocycles. The summed E-state index contributed by atoms with van der Waals surface area (Å²) in [5.41, 5.74) is 3.98. The van der Waals surface area contributed by atoms with Crippen molar-refractivity contribution < 1.29 is 9.59 Å². The highest BCUT2D eigenvalue weighted by molar-refractivity contribution is 6.31. The Labute approximate surface area is 181 Å². The molecule has 30 heavy (non-hydrogen) atoms. The maximum Gasteiger partial charge on any atom is 0.226 e. The van der Waals surface area contributed by atoms with E-state index >= 15 is 0 Å². The minimum atomic E-state index is -0.168.